The summed E-state index contributed by atoms with van der Waals surface area (Å²) in [5.41, 5.74) is 1.33. The normalized spacial score (nSPS) is 20.6. The lowest BCUT2D eigenvalue weighted by Gasteiger charge is -2.14. The summed E-state index contributed by atoms with van der Waals surface area (Å²) in [6, 6.07) is 3.59. The summed E-state index contributed by atoms with van der Waals surface area (Å²) < 4.78 is 43.6. The van der Waals surface area contributed by atoms with Gasteiger partial charge in [0.25, 0.3) is 0 Å². The van der Waals surface area contributed by atoms with E-state index in [0.29, 0.717) is 5.69 Å². The molecule has 124 valence electrons. The molecular weight excluding hydrogens is 333 g/mol. The number of nitrogens with zero attached hydrogens (tertiary/aromatic N) is 4. The smallest absolute Gasteiger partial charge is 0.348 e. The van der Waals surface area contributed by atoms with Crippen molar-refractivity contribution in [3.8, 4) is 5.69 Å². The number of alkyl halides is 3. The van der Waals surface area contributed by atoms with Gasteiger partial charge in [0.15, 0.2) is 11.4 Å². The molecule has 5 nitrogen and oxygen atoms in total. The Morgan fingerprint density at radius 1 is 1.43 bits per heavy atom. The molecule has 0 radical (unpaired) electrons. The van der Waals surface area contributed by atoms with E-state index in [9.17, 15) is 13.2 Å². The van der Waals surface area contributed by atoms with Crippen molar-refractivity contribution in [2.24, 2.45) is 0 Å². The number of hydrogen-bond donors (Lipinski definition) is 0. The van der Waals surface area contributed by atoms with Crippen LogP contribution in [0.15, 0.2) is 30.7 Å². The molecule has 1 aliphatic rings. The Morgan fingerprint density at radius 2 is 2.22 bits per heavy atom. The van der Waals surface area contributed by atoms with Crippen molar-refractivity contribution in [3.05, 3.63) is 35.9 Å². The number of likely N-dealkylation sites (N-methyl/N-ethyl adjacent to an activating group) is 1. The van der Waals surface area contributed by atoms with Gasteiger partial charge in [-0.05, 0) is 18.6 Å². The average molecular weight is 347 g/mol. The Bertz CT molecular complexity index is 676. The standard InChI is InChI=1S/C14H14ClF3N4O/c1-21(13-11(23-13)4-5-14(16,17)18)10-8-22(20-12(10)15)9-3-2-6-19-7-9/h2-3,6-8,11,13H,4-5H2,1H3. The van der Waals surface area contributed by atoms with Crippen LogP contribution in [0.5, 0.6) is 0 Å². The van der Waals surface area contributed by atoms with Gasteiger partial charge in [0.1, 0.15) is 6.10 Å². The second-order valence-corrected chi connectivity index (χ2v) is 5.65. The molecule has 0 bridgehead atoms. The van der Waals surface area contributed by atoms with Gasteiger partial charge in [0, 0.05) is 19.7 Å². The van der Waals surface area contributed by atoms with Gasteiger partial charge in [-0.2, -0.15) is 18.3 Å². The molecule has 2 unspecified atom stereocenters. The van der Waals surface area contributed by atoms with Crippen molar-refractivity contribution in [2.45, 2.75) is 31.3 Å². The summed E-state index contributed by atoms with van der Waals surface area (Å²) in [4.78, 5) is 5.70. The molecule has 23 heavy (non-hydrogen) atoms. The first-order chi connectivity index (χ1) is 10.8. The maximum atomic E-state index is 12.2. The average Bonchev–Trinajstić information content (AvgIpc) is 3.19. The van der Waals surface area contributed by atoms with E-state index in [-0.39, 0.29) is 11.6 Å². The third-order valence-electron chi connectivity index (χ3n) is 3.59. The Kier molecular flexibility index (Phi) is 4.20. The van der Waals surface area contributed by atoms with Gasteiger partial charge >= 0.3 is 6.18 Å². The van der Waals surface area contributed by atoms with E-state index in [1.807, 2.05) is 6.07 Å². The highest BCUT2D eigenvalue weighted by atomic mass is 35.5. The molecule has 2 aromatic heterocycles. The third-order valence-corrected chi connectivity index (χ3v) is 3.86. The van der Waals surface area contributed by atoms with E-state index in [1.165, 1.54) is 0 Å². The highest BCUT2D eigenvalue weighted by molar-refractivity contribution is 6.32. The summed E-state index contributed by atoms with van der Waals surface area (Å²) in [6.45, 7) is 0. The number of ether oxygens (including phenoxy) is 1. The topological polar surface area (TPSA) is 46.5 Å². The van der Waals surface area contributed by atoms with Crippen LogP contribution in [0.3, 0.4) is 0 Å². The predicted molar refractivity (Wildman–Crippen MR) is 78.7 cm³/mol. The fourth-order valence-corrected chi connectivity index (χ4v) is 2.59. The Morgan fingerprint density at radius 3 is 2.87 bits per heavy atom. The Hall–Kier alpha value is -1.80. The molecule has 1 saturated heterocycles. The second-order valence-electron chi connectivity index (χ2n) is 5.29. The minimum Gasteiger partial charge on any atom is -0.348 e. The molecule has 3 rings (SSSR count). The van der Waals surface area contributed by atoms with Gasteiger partial charge in [-0.1, -0.05) is 11.6 Å². The molecule has 0 aromatic carbocycles. The first-order valence-electron chi connectivity index (χ1n) is 6.96. The van der Waals surface area contributed by atoms with E-state index in [2.05, 4.69) is 10.1 Å². The van der Waals surface area contributed by atoms with Crippen LogP contribution in [0.4, 0.5) is 18.9 Å². The van der Waals surface area contributed by atoms with Crippen LogP contribution in [0.1, 0.15) is 12.8 Å². The fourth-order valence-electron chi connectivity index (χ4n) is 2.33. The van der Waals surface area contributed by atoms with E-state index in [1.54, 1.807) is 41.3 Å². The quantitative estimate of drug-likeness (QED) is 0.778. The fraction of sp³-hybridized carbons (Fsp3) is 0.429. The maximum absolute atomic E-state index is 12.2. The minimum absolute atomic E-state index is 0.0626. The van der Waals surface area contributed by atoms with Crippen LogP contribution in [-0.2, 0) is 4.74 Å². The monoisotopic (exact) mass is 346 g/mol. The molecule has 0 saturated carbocycles. The number of epoxide rings is 1. The van der Waals surface area contributed by atoms with Gasteiger partial charge < -0.3 is 9.64 Å². The van der Waals surface area contributed by atoms with Crippen molar-refractivity contribution >= 4 is 17.3 Å². The zero-order valence-electron chi connectivity index (χ0n) is 12.2. The predicted octanol–water partition coefficient (Wildman–Crippen LogP) is 3.42. The molecule has 9 heteroatoms. The molecule has 1 fully saturated rings. The molecule has 1 aliphatic heterocycles. The van der Waals surface area contributed by atoms with Crippen LogP contribution >= 0.6 is 11.6 Å². The zero-order chi connectivity index (χ0) is 16.6. The highest BCUT2D eigenvalue weighted by Crippen LogP contribution is 2.37. The molecule has 3 heterocycles. The van der Waals surface area contributed by atoms with Gasteiger partial charge in [0.05, 0.1) is 23.8 Å². The van der Waals surface area contributed by atoms with Gasteiger partial charge in [-0.15, -0.1) is 0 Å². The SMILES string of the molecule is CN(c1cn(-c2cccnc2)nc1Cl)C1OC1CCC(F)(F)F. The lowest BCUT2D eigenvalue weighted by Crippen LogP contribution is -2.23. The first-order valence-corrected chi connectivity index (χ1v) is 7.33. The van der Waals surface area contributed by atoms with Crippen molar-refractivity contribution < 1.29 is 17.9 Å². The molecule has 0 amide bonds. The zero-order valence-corrected chi connectivity index (χ0v) is 12.9. The second kappa shape index (κ2) is 6.01. The third kappa shape index (κ3) is 3.76. The van der Waals surface area contributed by atoms with Crippen LogP contribution in [0, 0.1) is 0 Å². The number of anilines is 1. The van der Waals surface area contributed by atoms with Crippen molar-refractivity contribution in [2.75, 3.05) is 11.9 Å². The Balaban J connectivity index is 1.67. The van der Waals surface area contributed by atoms with Crippen molar-refractivity contribution in [1.82, 2.24) is 14.8 Å². The van der Waals surface area contributed by atoms with Gasteiger partial charge in [-0.25, -0.2) is 4.68 Å². The van der Waals surface area contributed by atoms with E-state index >= 15 is 0 Å². The number of rotatable bonds is 5. The van der Waals surface area contributed by atoms with E-state index in [4.69, 9.17) is 16.3 Å². The van der Waals surface area contributed by atoms with Crippen LogP contribution in [-0.4, -0.2) is 40.3 Å². The van der Waals surface area contributed by atoms with Crippen LogP contribution < -0.4 is 4.90 Å². The Labute approximate surface area is 135 Å². The lowest BCUT2D eigenvalue weighted by molar-refractivity contribution is -0.136. The number of pyridine rings is 1. The van der Waals surface area contributed by atoms with E-state index in [0.717, 1.165) is 5.69 Å². The van der Waals surface area contributed by atoms with Crippen LogP contribution in [0.2, 0.25) is 5.15 Å². The largest absolute Gasteiger partial charge is 0.389 e. The first kappa shape index (κ1) is 16.1. The minimum atomic E-state index is -4.17. The molecule has 0 spiro atoms. The maximum Gasteiger partial charge on any atom is 0.389 e. The summed E-state index contributed by atoms with van der Waals surface area (Å²) in [5.74, 6) is 0. The molecular formula is C14H14ClF3N4O. The molecule has 0 N–H and O–H groups in total. The number of aromatic nitrogens is 3. The summed E-state index contributed by atoms with van der Waals surface area (Å²) in [5, 5.41) is 4.44. The van der Waals surface area contributed by atoms with Gasteiger partial charge in [0.2, 0.25) is 0 Å². The number of hydrogen-bond acceptors (Lipinski definition) is 4. The summed E-state index contributed by atoms with van der Waals surface area (Å²) in [6.07, 6.45) is -0.976. The van der Waals surface area contributed by atoms with Gasteiger partial charge in [-0.3, -0.25) is 4.98 Å². The highest BCUT2D eigenvalue weighted by Gasteiger charge is 2.45. The molecule has 2 aromatic rings. The summed E-state index contributed by atoms with van der Waals surface area (Å²) >= 11 is 6.13. The van der Waals surface area contributed by atoms with Crippen LogP contribution in [0.25, 0.3) is 5.69 Å². The van der Waals surface area contributed by atoms with E-state index < -0.39 is 24.9 Å². The molecule has 2 atom stereocenters. The molecule has 0 aliphatic carbocycles. The van der Waals surface area contributed by atoms with Crippen molar-refractivity contribution in [3.63, 3.8) is 0 Å². The number of halogens is 4. The summed E-state index contributed by atoms with van der Waals surface area (Å²) in [7, 11) is 1.72. The lowest BCUT2D eigenvalue weighted by atomic mass is 10.2. The van der Waals surface area contributed by atoms with Crippen molar-refractivity contribution in [1.29, 1.82) is 0 Å².